The number of benzene rings is 1. The first-order valence-corrected chi connectivity index (χ1v) is 7.40. The van der Waals surface area contributed by atoms with Crippen molar-refractivity contribution < 1.29 is 4.39 Å². The van der Waals surface area contributed by atoms with E-state index in [0.717, 1.165) is 24.0 Å². The van der Waals surface area contributed by atoms with Crippen LogP contribution >= 0.6 is 0 Å². The van der Waals surface area contributed by atoms with Gasteiger partial charge in [0.2, 0.25) is 0 Å². The van der Waals surface area contributed by atoms with E-state index in [1.54, 1.807) is 7.05 Å². The number of rotatable bonds is 5. The van der Waals surface area contributed by atoms with E-state index in [4.69, 9.17) is 0 Å². The Kier molecular flexibility index (Phi) is 5.17. The number of hydrogen-bond acceptors (Lipinski definition) is 2. The van der Waals surface area contributed by atoms with Gasteiger partial charge in [-0.25, -0.2) is 4.39 Å². The Hall–Kier alpha value is -1.62. The Morgan fingerprint density at radius 3 is 2.48 bits per heavy atom. The summed E-state index contributed by atoms with van der Waals surface area (Å²) in [6.07, 6.45) is 1.20. The molecular formula is C16H25FN4. The molecule has 0 heterocycles. The molecule has 0 saturated heterocycles. The van der Waals surface area contributed by atoms with Crippen LogP contribution in [-0.2, 0) is 0 Å². The third-order valence-electron chi connectivity index (χ3n) is 4.00. The van der Waals surface area contributed by atoms with Crippen LogP contribution in [-0.4, -0.2) is 44.6 Å². The number of nitrogens with one attached hydrogen (secondary N) is 2. The fourth-order valence-electron chi connectivity index (χ4n) is 2.37. The van der Waals surface area contributed by atoms with Crippen LogP contribution in [0.25, 0.3) is 0 Å². The van der Waals surface area contributed by atoms with Gasteiger partial charge in [-0.1, -0.05) is 19.1 Å². The molecule has 0 radical (unpaired) electrons. The van der Waals surface area contributed by atoms with Crippen LogP contribution < -0.4 is 10.6 Å². The number of halogens is 1. The molecule has 0 aliphatic heterocycles. The molecule has 0 aromatic heterocycles. The van der Waals surface area contributed by atoms with E-state index in [1.165, 1.54) is 18.6 Å². The van der Waals surface area contributed by atoms with E-state index in [-0.39, 0.29) is 11.9 Å². The SMILES string of the molecule is CN=C(NCC(c1ccc(F)cc1)N(C)C)NC1CC1C. The maximum absolute atomic E-state index is 13.0. The molecule has 1 aliphatic carbocycles. The van der Waals surface area contributed by atoms with Gasteiger partial charge in [-0.15, -0.1) is 0 Å². The first-order valence-electron chi connectivity index (χ1n) is 7.40. The zero-order valence-electron chi connectivity index (χ0n) is 13.2. The molecule has 0 spiro atoms. The molecule has 2 rings (SSSR count). The van der Waals surface area contributed by atoms with Gasteiger partial charge in [-0.3, -0.25) is 4.99 Å². The minimum atomic E-state index is -0.204. The van der Waals surface area contributed by atoms with Crippen LogP contribution in [0.15, 0.2) is 29.3 Å². The summed E-state index contributed by atoms with van der Waals surface area (Å²) >= 11 is 0. The minimum Gasteiger partial charge on any atom is -0.354 e. The molecule has 1 saturated carbocycles. The Labute approximate surface area is 126 Å². The molecule has 0 amide bonds. The lowest BCUT2D eigenvalue weighted by molar-refractivity contribution is 0.298. The van der Waals surface area contributed by atoms with Gasteiger partial charge in [0.05, 0.1) is 6.04 Å². The zero-order chi connectivity index (χ0) is 15.4. The summed E-state index contributed by atoms with van der Waals surface area (Å²) in [6.45, 7) is 2.95. The summed E-state index contributed by atoms with van der Waals surface area (Å²) in [5.74, 6) is 1.35. The van der Waals surface area contributed by atoms with Gasteiger partial charge in [0.15, 0.2) is 5.96 Å². The summed E-state index contributed by atoms with van der Waals surface area (Å²) in [5, 5.41) is 6.76. The van der Waals surface area contributed by atoms with Gasteiger partial charge in [0, 0.05) is 19.6 Å². The fraction of sp³-hybridized carbons (Fsp3) is 0.562. The number of aliphatic imine (C=N–C) groups is 1. The van der Waals surface area contributed by atoms with E-state index < -0.39 is 0 Å². The van der Waals surface area contributed by atoms with Gasteiger partial charge in [-0.2, -0.15) is 0 Å². The molecule has 0 bridgehead atoms. The summed E-state index contributed by atoms with van der Waals surface area (Å²) in [7, 11) is 5.83. The van der Waals surface area contributed by atoms with Crippen molar-refractivity contribution in [3.63, 3.8) is 0 Å². The predicted octanol–water partition coefficient (Wildman–Crippen LogP) is 2.00. The quantitative estimate of drug-likeness (QED) is 0.644. The molecule has 5 heteroatoms. The summed E-state index contributed by atoms with van der Waals surface area (Å²) in [6, 6.07) is 7.39. The highest BCUT2D eigenvalue weighted by molar-refractivity contribution is 5.80. The Bertz CT molecular complexity index is 484. The molecule has 1 aromatic rings. The van der Waals surface area contributed by atoms with Crippen LogP contribution in [0.3, 0.4) is 0 Å². The number of guanidine groups is 1. The lowest BCUT2D eigenvalue weighted by Gasteiger charge is -2.26. The average molecular weight is 292 g/mol. The number of nitrogens with zero attached hydrogens (tertiary/aromatic N) is 2. The molecule has 2 N–H and O–H groups in total. The minimum absolute atomic E-state index is 0.167. The Morgan fingerprint density at radius 1 is 1.38 bits per heavy atom. The van der Waals surface area contributed by atoms with Crippen molar-refractivity contribution in [3.8, 4) is 0 Å². The molecule has 3 atom stereocenters. The smallest absolute Gasteiger partial charge is 0.191 e. The zero-order valence-corrected chi connectivity index (χ0v) is 13.2. The van der Waals surface area contributed by atoms with Gasteiger partial charge >= 0.3 is 0 Å². The largest absolute Gasteiger partial charge is 0.354 e. The van der Waals surface area contributed by atoms with Crippen LogP contribution in [0.2, 0.25) is 0 Å². The maximum atomic E-state index is 13.0. The number of hydrogen-bond donors (Lipinski definition) is 2. The topological polar surface area (TPSA) is 39.7 Å². The molecule has 116 valence electrons. The van der Waals surface area contributed by atoms with Crippen LogP contribution in [0, 0.1) is 11.7 Å². The lowest BCUT2D eigenvalue weighted by atomic mass is 10.1. The molecule has 1 aromatic carbocycles. The van der Waals surface area contributed by atoms with Crippen molar-refractivity contribution in [1.82, 2.24) is 15.5 Å². The van der Waals surface area contributed by atoms with E-state index in [1.807, 2.05) is 26.2 Å². The Balaban J connectivity index is 1.94. The van der Waals surface area contributed by atoms with Crippen molar-refractivity contribution in [3.05, 3.63) is 35.6 Å². The second-order valence-corrected chi connectivity index (χ2v) is 5.95. The summed E-state index contributed by atoms with van der Waals surface area (Å²) in [4.78, 5) is 6.38. The highest BCUT2D eigenvalue weighted by Crippen LogP contribution is 2.28. The summed E-state index contributed by atoms with van der Waals surface area (Å²) < 4.78 is 13.0. The van der Waals surface area contributed by atoms with E-state index in [2.05, 4.69) is 27.4 Å². The molecule has 21 heavy (non-hydrogen) atoms. The van der Waals surface area contributed by atoms with Crippen molar-refractivity contribution in [2.24, 2.45) is 10.9 Å². The number of likely N-dealkylation sites (N-methyl/N-ethyl adjacent to an activating group) is 1. The molecular weight excluding hydrogens is 267 g/mol. The fourth-order valence-corrected chi connectivity index (χ4v) is 2.37. The van der Waals surface area contributed by atoms with Gasteiger partial charge in [0.1, 0.15) is 5.82 Å². The first kappa shape index (κ1) is 15.8. The maximum Gasteiger partial charge on any atom is 0.191 e. The standard InChI is InChI=1S/C16H25FN4/c1-11-9-14(11)20-16(18-2)19-10-15(21(3)4)12-5-7-13(17)8-6-12/h5-8,11,14-15H,9-10H2,1-4H3,(H2,18,19,20). The van der Waals surface area contributed by atoms with E-state index in [9.17, 15) is 4.39 Å². The van der Waals surface area contributed by atoms with Gasteiger partial charge in [-0.05, 0) is 44.1 Å². The van der Waals surface area contributed by atoms with Crippen LogP contribution in [0.1, 0.15) is 24.9 Å². The third kappa shape index (κ3) is 4.43. The van der Waals surface area contributed by atoms with Crippen molar-refractivity contribution >= 4 is 5.96 Å². The van der Waals surface area contributed by atoms with Gasteiger partial charge in [0.25, 0.3) is 0 Å². The lowest BCUT2D eigenvalue weighted by Crippen LogP contribution is -2.42. The van der Waals surface area contributed by atoms with E-state index in [0.29, 0.717) is 6.04 Å². The van der Waals surface area contributed by atoms with Gasteiger partial charge < -0.3 is 15.5 Å². The van der Waals surface area contributed by atoms with Crippen molar-refractivity contribution in [2.45, 2.75) is 25.4 Å². The normalized spacial score (nSPS) is 23.0. The van der Waals surface area contributed by atoms with Crippen LogP contribution in [0.4, 0.5) is 4.39 Å². The molecule has 3 unspecified atom stereocenters. The average Bonchev–Trinajstić information content (AvgIpc) is 3.14. The van der Waals surface area contributed by atoms with Crippen molar-refractivity contribution in [1.29, 1.82) is 0 Å². The van der Waals surface area contributed by atoms with Crippen LogP contribution in [0.5, 0.6) is 0 Å². The second-order valence-electron chi connectivity index (χ2n) is 5.95. The monoisotopic (exact) mass is 292 g/mol. The molecule has 1 fully saturated rings. The third-order valence-corrected chi connectivity index (χ3v) is 4.00. The highest BCUT2D eigenvalue weighted by atomic mass is 19.1. The highest BCUT2D eigenvalue weighted by Gasteiger charge is 2.33. The van der Waals surface area contributed by atoms with Crippen molar-refractivity contribution in [2.75, 3.05) is 27.7 Å². The summed E-state index contributed by atoms with van der Waals surface area (Å²) in [5.41, 5.74) is 1.09. The molecule has 4 nitrogen and oxygen atoms in total. The van der Waals surface area contributed by atoms with E-state index >= 15 is 0 Å². The predicted molar refractivity (Wildman–Crippen MR) is 84.9 cm³/mol. The Morgan fingerprint density at radius 2 is 2.00 bits per heavy atom. The second kappa shape index (κ2) is 6.89. The first-order chi connectivity index (χ1) is 10.0. The molecule has 1 aliphatic rings.